The van der Waals surface area contributed by atoms with Crippen molar-refractivity contribution < 1.29 is 9.53 Å². The molecule has 4 rings (SSSR count). The average molecular weight is 390 g/mol. The second kappa shape index (κ2) is 7.39. The van der Waals surface area contributed by atoms with Gasteiger partial charge in [0.25, 0.3) is 5.91 Å². The number of benzene rings is 1. The molecular formula is C19H20ClN3O2S. The maximum atomic E-state index is 12.9. The summed E-state index contributed by atoms with van der Waals surface area (Å²) < 4.78 is 7.60. The van der Waals surface area contributed by atoms with Crippen LogP contribution in [0.25, 0.3) is 16.2 Å². The molecule has 1 aliphatic rings. The first-order valence-corrected chi connectivity index (χ1v) is 9.98. The van der Waals surface area contributed by atoms with Gasteiger partial charge in [-0.25, -0.2) is 4.98 Å². The summed E-state index contributed by atoms with van der Waals surface area (Å²) in [6, 6.07) is 7.59. The van der Waals surface area contributed by atoms with E-state index in [4.69, 9.17) is 16.3 Å². The standard InChI is InChI=1S/C19H20ClN3O2S/c1-22(10-13-6-4-5-9-25-13)18(24)17-12-26-19-21-16(11-23(17)19)14-7-2-3-8-15(14)20/h2-3,7-8,11-13H,4-6,9-10H2,1H3. The smallest absolute Gasteiger partial charge is 0.271 e. The molecule has 0 N–H and O–H groups in total. The fourth-order valence-corrected chi connectivity index (χ4v) is 4.35. The summed E-state index contributed by atoms with van der Waals surface area (Å²) in [6.45, 7) is 1.40. The van der Waals surface area contributed by atoms with Gasteiger partial charge in [0.2, 0.25) is 0 Å². The number of aromatic nitrogens is 2. The number of imidazole rings is 1. The van der Waals surface area contributed by atoms with E-state index in [1.54, 1.807) is 4.90 Å². The maximum Gasteiger partial charge on any atom is 0.271 e. The molecule has 7 heteroatoms. The number of carbonyl (C=O) groups is 1. The summed E-state index contributed by atoms with van der Waals surface area (Å²) in [4.78, 5) is 20.1. The molecule has 3 heterocycles. The Bertz CT molecular complexity index is 930. The molecule has 0 aliphatic carbocycles. The second-order valence-corrected chi connectivity index (χ2v) is 7.80. The molecule has 0 bridgehead atoms. The molecule has 1 unspecified atom stereocenters. The van der Waals surface area contributed by atoms with Gasteiger partial charge in [0.1, 0.15) is 5.69 Å². The highest BCUT2D eigenvalue weighted by atomic mass is 35.5. The second-order valence-electron chi connectivity index (χ2n) is 6.55. The SMILES string of the molecule is CN(CC1CCCCO1)C(=O)c1csc2nc(-c3ccccc3Cl)cn12. The van der Waals surface area contributed by atoms with Crippen LogP contribution in [0.5, 0.6) is 0 Å². The zero-order chi connectivity index (χ0) is 18.1. The van der Waals surface area contributed by atoms with Crippen LogP contribution < -0.4 is 0 Å². The van der Waals surface area contributed by atoms with Crippen molar-refractivity contribution in [2.24, 2.45) is 0 Å². The Morgan fingerprint density at radius 2 is 2.27 bits per heavy atom. The molecule has 1 fully saturated rings. The van der Waals surface area contributed by atoms with E-state index in [-0.39, 0.29) is 12.0 Å². The minimum atomic E-state index is -0.0199. The first-order chi connectivity index (χ1) is 12.6. The summed E-state index contributed by atoms with van der Waals surface area (Å²) >= 11 is 7.74. The summed E-state index contributed by atoms with van der Waals surface area (Å²) in [5.74, 6) is -0.0199. The van der Waals surface area contributed by atoms with Gasteiger partial charge in [0, 0.05) is 37.3 Å². The summed E-state index contributed by atoms with van der Waals surface area (Å²) in [5, 5.41) is 2.51. The third kappa shape index (κ3) is 3.37. The lowest BCUT2D eigenvalue weighted by atomic mass is 10.1. The molecule has 2 aromatic heterocycles. The number of carbonyl (C=O) groups excluding carboxylic acids is 1. The van der Waals surface area contributed by atoms with Crippen LogP contribution in [0.2, 0.25) is 5.02 Å². The van der Waals surface area contributed by atoms with Gasteiger partial charge in [-0.1, -0.05) is 29.8 Å². The third-order valence-corrected chi connectivity index (χ3v) is 5.85. The van der Waals surface area contributed by atoms with E-state index in [1.165, 1.54) is 11.3 Å². The molecule has 3 aromatic rings. The topological polar surface area (TPSA) is 46.8 Å². The van der Waals surface area contributed by atoms with Gasteiger partial charge in [-0.15, -0.1) is 11.3 Å². The number of nitrogens with zero attached hydrogens (tertiary/aromatic N) is 3. The highest BCUT2D eigenvalue weighted by Crippen LogP contribution is 2.29. The lowest BCUT2D eigenvalue weighted by molar-refractivity contribution is -0.000302. The fourth-order valence-electron chi connectivity index (χ4n) is 3.27. The van der Waals surface area contributed by atoms with Crippen molar-refractivity contribution in [3.63, 3.8) is 0 Å². The van der Waals surface area contributed by atoms with E-state index in [2.05, 4.69) is 4.98 Å². The zero-order valence-corrected chi connectivity index (χ0v) is 16.1. The van der Waals surface area contributed by atoms with Crippen molar-refractivity contribution in [2.45, 2.75) is 25.4 Å². The molecule has 0 spiro atoms. The molecule has 5 nitrogen and oxygen atoms in total. The summed E-state index contributed by atoms with van der Waals surface area (Å²) in [7, 11) is 1.83. The van der Waals surface area contributed by atoms with E-state index in [9.17, 15) is 4.79 Å². The van der Waals surface area contributed by atoms with Crippen LogP contribution in [-0.4, -0.2) is 46.5 Å². The Morgan fingerprint density at radius 3 is 3.04 bits per heavy atom. The van der Waals surface area contributed by atoms with Crippen molar-refractivity contribution in [3.05, 3.63) is 46.6 Å². The molecule has 1 saturated heterocycles. The summed E-state index contributed by atoms with van der Waals surface area (Å²) in [6.07, 6.45) is 5.30. The maximum absolute atomic E-state index is 12.9. The number of rotatable bonds is 4. The Balaban J connectivity index is 1.58. The van der Waals surface area contributed by atoms with E-state index in [0.717, 1.165) is 42.1 Å². The van der Waals surface area contributed by atoms with E-state index in [0.29, 0.717) is 17.3 Å². The first-order valence-electron chi connectivity index (χ1n) is 8.72. The van der Waals surface area contributed by atoms with Crippen molar-refractivity contribution in [1.29, 1.82) is 0 Å². The number of ether oxygens (including phenoxy) is 1. The highest BCUT2D eigenvalue weighted by Gasteiger charge is 2.23. The van der Waals surface area contributed by atoms with Crippen LogP contribution in [-0.2, 0) is 4.74 Å². The van der Waals surface area contributed by atoms with Crippen LogP contribution in [0.1, 0.15) is 29.8 Å². The van der Waals surface area contributed by atoms with Crippen LogP contribution in [0, 0.1) is 0 Å². The Kier molecular flexibility index (Phi) is 4.98. The fraction of sp³-hybridized carbons (Fsp3) is 0.368. The number of fused-ring (bicyclic) bond motifs is 1. The molecule has 1 amide bonds. The van der Waals surface area contributed by atoms with E-state index < -0.39 is 0 Å². The normalized spacial score (nSPS) is 17.5. The lowest BCUT2D eigenvalue weighted by Gasteiger charge is -2.27. The summed E-state index contributed by atoms with van der Waals surface area (Å²) in [5.41, 5.74) is 2.26. The lowest BCUT2D eigenvalue weighted by Crippen LogP contribution is -2.37. The van der Waals surface area contributed by atoms with E-state index >= 15 is 0 Å². The van der Waals surface area contributed by atoms with Gasteiger partial charge in [-0.2, -0.15) is 0 Å². The molecule has 0 saturated carbocycles. The highest BCUT2D eigenvalue weighted by molar-refractivity contribution is 7.15. The molecule has 1 aromatic carbocycles. The van der Waals surface area contributed by atoms with Gasteiger partial charge in [-0.3, -0.25) is 9.20 Å². The van der Waals surface area contributed by atoms with Gasteiger partial charge in [-0.05, 0) is 25.3 Å². The molecule has 1 aliphatic heterocycles. The first kappa shape index (κ1) is 17.5. The van der Waals surface area contributed by atoms with E-state index in [1.807, 2.05) is 47.3 Å². The van der Waals surface area contributed by atoms with Gasteiger partial charge in [0.15, 0.2) is 4.96 Å². The van der Waals surface area contributed by atoms with Crippen molar-refractivity contribution >= 4 is 33.8 Å². The monoisotopic (exact) mass is 389 g/mol. The Labute approximate surface area is 161 Å². The van der Waals surface area contributed by atoms with Gasteiger partial charge in [0.05, 0.1) is 16.8 Å². The zero-order valence-electron chi connectivity index (χ0n) is 14.5. The van der Waals surface area contributed by atoms with Crippen molar-refractivity contribution in [3.8, 4) is 11.3 Å². The Morgan fingerprint density at radius 1 is 1.42 bits per heavy atom. The molecular weight excluding hydrogens is 370 g/mol. The minimum absolute atomic E-state index is 0.0199. The van der Waals surface area contributed by atoms with Crippen LogP contribution >= 0.6 is 22.9 Å². The molecule has 0 radical (unpaired) electrons. The molecule has 26 heavy (non-hydrogen) atoms. The van der Waals surface area contributed by atoms with Crippen molar-refractivity contribution in [1.82, 2.24) is 14.3 Å². The number of hydrogen-bond donors (Lipinski definition) is 0. The predicted molar refractivity (Wildman–Crippen MR) is 104 cm³/mol. The number of thiazole rings is 1. The largest absolute Gasteiger partial charge is 0.376 e. The minimum Gasteiger partial charge on any atom is -0.376 e. The number of amides is 1. The number of likely N-dealkylation sites (N-methyl/N-ethyl adjacent to an activating group) is 1. The van der Waals surface area contributed by atoms with Gasteiger partial charge < -0.3 is 9.64 Å². The van der Waals surface area contributed by atoms with Crippen LogP contribution in [0.15, 0.2) is 35.8 Å². The van der Waals surface area contributed by atoms with Gasteiger partial charge >= 0.3 is 0 Å². The Hall–Kier alpha value is -1.89. The third-order valence-electron chi connectivity index (χ3n) is 4.68. The van der Waals surface area contributed by atoms with Crippen LogP contribution in [0.4, 0.5) is 0 Å². The quantitative estimate of drug-likeness (QED) is 0.666. The molecule has 136 valence electrons. The average Bonchev–Trinajstić information content (AvgIpc) is 3.23. The predicted octanol–water partition coefficient (Wildman–Crippen LogP) is 4.36. The van der Waals surface area contributed by atoms with Crippen LogP contribution in [0.3, 0.4) is 0 Å². The van der Waals surface area contributed by atoms with Crippen molar-refractivity contribution in [2.75, 3.05) is 20.2 Å². The molecule has 1 atom stereocenters. The number of hydrogen-bond acceptors (Lipinski definition) is 4. The number of halogens is 1.